The van der Waals surface area contributed by atoms with Gasteiger partial charge in [0.25, 0.3) is 0 Å². The van der Waals surface area contributed by atoms with Crippen LogP contribution >= 0.6 is 35.0 Å². The average molecular weight is 426 g/mol. The summed E-state index contributed by atoms with van der Waals surface area (Å²) in [6, 6.07) is 12.3. The molecule has 0 aliphatic carbocycles. The lowest BCUT2D eigenvalue weighted by Crippen LogP contribution is -2.43. The molecule has 2 aromatic rings. The minimum atomic E-state index is -0.660. The van der Waals surface area contributed by atoms with Crippen LogP contribution in [0.5, 0.6) is 0 Å². The Morgan fingerprint density at radius 3 is 2.48 bits per heavy atom. The van der Waals surface area contributed by atoms with Gasteiger partial charge >= 0.3 is 6.03 Å². The predicted octanol–water partition coefficient (Wildman–Crippen LogP) is 5.02. The maximum Gasteiger partial charge on any atom is 0.319 e. The van der Waals surface area contributed by atoms with Crippen molar-refractivity contribution in [3.63, 3.8) is 0 Å². The molecular formula is C19H21Cl2N3O2S. The van der Waals surface area contributed by atoms with Crippen LogP contribution < -0.4 is 16.4 Å². The number of carbonyl (C=O) groups is 2. The number of urea groups is 1. The van der Waals surface area contributed by atoms with E-state index in [-0.39, 0.29) is 18.4 Å². The van der Waals surface area contributed by atoms with Gasteiger partial charge in [-0.25, -0.2) is 4.79 Å². The van der Waals surface area contributed by atoms with E-state index >= 15 is 0 Å². The molecule has 0 atom stereocenters. The number of rotatable bonds is 7. The zero-order valence-corrected chi connectivity index (χ0v) is 17.3. The number of anilines is 1. The van der Waals surface area contributed by atoms with Gasteiger partial charge in [0.2, 0.25) is 5.91 Å². The van der Waals surface area contributed by atoms with Crippen LogP contribution in [0, 0.1) is 0 Å². The third kappa shape index (κ3) is 6.34. The van der Waals surface area contributed by atoms with Gasteiger partial charge in [-0.2, -0.15) is 0 Å². The molecule has 0 aliphatic heterocycles. The summed E-state index contributed by atoms with van der Waals surface area (Å²) in [5, 5.41) is 6.68. The average Bonchev–Trinajstić information content (AvgIpc) is 2.58. The highest BCUT2D eigenvalue weighted by molar-refractivity contribution is 7.99. The Bertz CT molecular complexity index is 843. The minimum Gasteiger partial charge on any atom is -0.370 e. The van der Waals surface area contributed by atoms with Gasteiger partial charge in [0, 0.05) is 17.1 Å². The molecule has 0 fully saturated rings. The van der Waals surface area contributed by atoms with E-state index in [9.17, 15) is 9.59 Å². The standard InChI is InChI=1S/C19H21Cl2N3O2S/c1-19(2,12-7-8-13(20)14(21)11-12)24-18(26)23-15-5-3-4-6-16(15)27-10-9-17(22)25/h3-8,11H,9-10H2,1-2H3,(H2,22,25)(H2,23,24,26). The number of thioether (sulfide) groups is 1. The van der Waals surface area contributed by atoms with Crippen LogP contribution in [0.25, 0.3) is 0 Å². The number of hydrogen-bond donors (Lipinski definition) is 3. The Hall–Kier alpha value is -1.89. The molecule has 3 amide bonds. The van der Waals surface area contributed by atoms with Crippen molar-refractivity contribution >= 4 is 52.6 Å². The summed E-state index contributed by atoms with van der Waals surface area (Å²) in [6.45, 7) is 3.75. The predicted molar refractivity (Wildman–Crippen MR) is 113 cm³/mol. The van der Waals surface area contributed by atoms with Gasteiger partial charge in [-0.05, 0) is 43.7 Å². The summed E-state index contributed by atoms with van der Waals surface area (Å²) in [5.41, 5.74) is 6.00. The highest BCUT2D eigenvalue weighted by atomic mass is 35.5. The molecule has 5 nitrogen and oxygen atoms in total. The minimum absolute atomic E-state index is 0.273. The maximum atomic E-state index is 12.5. The second-order valence-electron chi connectivity index (χ2n) is 6.39. The lowest BCUT2D eigenvalue weighted by molar-refractivity contribution is -0.117. The Kier molecular flexibility index (Phi) is 7.41. The maximum absolute atomic E-state index is 12.5. The highest BCUT2D eigenvalue weighted by Crippen LogP contribution is 2.30. The second-order valence-corrected chi connectivity index (χ2v) is 8.35. The summed E-state index contributed by atoms with van der Waals surface area (Å²) in [5.74, 6) is 0.193. The van der Waals surface area contributed by atoms with Gasteiger partial charge in [0.1, 0.15) is 0 Å². The van der Waals surface area contributed by atoms with Crippen molar-refractivity contribution in [1.82, 2.24) is 5.32 Å². The van der Waals surface area contributed by atoms with Crippen LogP contribution in [0.2, 0.25) is 10.0 Å². The number of nitrogens with one attached hydrogen (secondary N) is 2. The molecule has 2 aromatic carbocycles. The summed E-state index contributed by atoms with van der Waals surface area (Å²) >= 11 is 13.5. The molecule has 0 unspecified atom stereocenters. The van der Waals surface area contributed by atoms with Gasteiger partial charge < -0.3 is 16.4 Å². The smallest absolute Gasteiger partial charge is 0.319 e. The largest absolute Gasteiger partial charge is 0.370 e. The molecule has 0 radical (unpaired) electrons. The van der Waals surface area contributed by atoms with E-state index in [1.807, 2.05) is 38.1 Å². The highest BCUT2D eigenvalue weighted by Gasteiger charge is 2.24. The lowest BCUT2D eigenvalue weighted by Gasteiger charge is -2.27. The van der Waals surface area contributed by atoms with Gasteiger partial charge in [-0.1, -0.05) is 41.4 Å². The summed E-state index contributed by atoms with van der Waals surface area (Å²) in [7, 11) is 0. The van der Waals surface area contributed by atoms with Gasteiger partial charge in [-0.3, -0.25) is 4.79 Å². The van der Waals surface area contributed by atoms with Crippen LogP contribution in [0.1, 0.15) is 25.8 Å². The van der Waals surface area contributed by atoms with Crippen molar-refractivity contribution < 1.29 is 9.59 Å². The Labute approximate surface area is 173 Å². The molecule has 0 saturated carbocycles. The molecular weight excluding hydrogens is 405 g/mol. The molecule has 0 bridgehead atoms. The van der Waals surface area contributed by atoms with Gasteiger partial charge in [0.15, 0.2) is 0 Å². The van der Waals surface area contributed by atoms with E-state index in [0.717, 1.165) is 10.5 Å². The van der Waals surface area contributed by atoms with Crippen LogP contribution in [0.3, 0.4) is 0 Å². The topological polar surface area (TPSA) is 84.2 Å². The van der Waals surface area contributed by atoms with Gasteiger partial charge in [-0.15, -0.1) is 11.8 Å². The fourth-order valence-corrected chi connectivity index (χ4v) is 3.62. The van der Waals surface area contributed by atoms with Crippen molar-refractivity contribution in [2.75, 3.05) is 11.1 Å². The van der Waals surface area contributed by atoms with Crippen LogP contribution in [-0.2, 0) is 10.3 Å². The van der Waals surface area contributed by atoms with E-state index in [1.165, 1.54) is 11.8 Å². The number of para-hydroxylation sites is 1. The molecule has 8 heteroatoms. The fourth-order valence-electron chi connectivity index (χ4n) is 2.35. The van der Waals surface area contributed by atoms with Crippen molar-refractivity contribution in [2.24, 2.45) is 5.73 Å². The zero-order chi connectivity index (χ0) is 20.0. The number of halogens is 2. The SMILES string of the molecule is CC(C)(NC(=O)Nc1ccccc1SCCC(N)=O)c1ccc(Cl)c(Cl)c1. The first kappa shape index (κ1) is 21.4. The molecule has 0 spiro atoms. The third-order valence-corrected chi connectivity index (χ3v) is 5.62. The monoisotopic (exact) mass is 425 g/mol. The molecule has 4 N–H and O–H groups in total. The van der Waals surface area contributed by atoms with E-state index in [2.05, 4.69) is 10.6 Å². The first-order chi connectivity index (χ1) is 12.7. The molecule has 0 aliphatic rings. The van der Waals surface area contributed by atoms with Crippen LogP contribution in [0.15, 0.2) is 47.4 Å². The van der Waals surface area contributed by atoms with Crippen LogP contribution in [-0.4, -0.2) is 17.7 Å². The number of primary amides is 1. The molecule has 0 heterocycles. The molecule has 2 rings (SSSR count). The van der Waals surface area contributed by atoms with Gasteiger partial charge in [0.05, 0.1) is 21.3 Å². The number of carbonyl (C=O) groups excluding carboxylic acids is 2. The van der Waals surface area contributed by atoms with Crippen molar-refractivity contribution in [3.05, 3.63) is 58.1 Å². The molecule has 144 valence electrons. The number of amides is 3. The normalized spacial score (nSPS) is 11.1. The van der Waals surface area contributed by atoms with E-state index in [0.29, 0.717) is 21.5 Å². The van der Waals surface area contributed by atoms with Crippen molar-refractivity contribution in [1.29, 1.82) is 0 Å². The van der Waals surface area contributed by atoms with Crippen molar-refractivity contribution in [3.8, 4) is 0 Å². The quantitative estimate of drug-likeness (QED) is 0.544. The lowest BCUT2D eigenvalue weighted by atomic mass is 9.94. The Morgan fingerprint density at radius 2 is 1.81 bits per heavy atom. The number of nitrogens with two attached hydrogens (primary N) is 1. The molecule has 27 heavy (non-hydrogen) atoms. The van der Waals surface area contributed by atoms with E-state index in [1.54, 1.807) is 18.2 Å². The Balaban J connectivity index is 2.06. The van der Waals surface area contributed by atoms with Crippen molar-refractivity contribution in [2.45, 2.75) is 30.7 Å². The molecule has 0 saturated heterocycles. The summed E-state index contributed by atoms with van der Waals surface area (Å²) < 4.78 is 0. The Morgan fingerprint density at radius 1 is 1.11 bits per heavy atom. The summed E-state index contributed by atoms with van der Waals surface area (Å²) in [6.07, 6.45) is 0.273. The first-order valence-electron chi connectivity index (χ1n) is 8.24. The second kappa shape index (κ2) is 9.35. The number of benzene rings is 2. The number of hydrogen-bond acceptors (Lipinski definition) is 3. The zero-order valence-electron chi connectivity index (χ0n) is 15.0. The first-order valence-corrected chi connectivity index (χ1v) is 9.98. The fraction of sp³-hybridized carbons (Fsp3) is 0.263. The summed E-state index contributed by atoms with van der Waals surface area (Å²) in [4.78, 5) is 24.3. The van der Waals surface area contributed by atoms with E-state index < -0.39 is 5.54 Å². The van der Waals surface area contributed by atoms with E-state index in [4.69, 9.17) is 28.9 Å². The molecule has 0 aromatic heterocycles. The van der Waals surface area contributed by atoms with Crippen LogP contribution in [0.4, 0.5) is 10.5 Å². The third-order valence-electron chi connectivity index (χ3n) is 3.81.